The summed E-state index contributed by atoms with van der Waals surface area (Å²) in [6.07, 6.45) is 4.39. The van der Waals surface area contributed by atoms with Crippen LogP contribution < -0.4 is 10.6 Å². The Bertz CT molecular complexity index is 1130. The molecule has 0 saturated carbocycles. The third-order valence-electron chi connectivity index (χ3n) is 4.53. The van der Waals surface area contributed by atoms with Crippen molar-refractivity contribution in [1.82, 2.24) is 19.9 Å². The van der Waals surface area contributed by atoms with E-state index >= 15 is 0 Å². The number of anilines is 2. The molecule has 0 bridgehead atoms. The maximum absolute atomic E-state index is 12.0. The normalized spacial score (nSPS) is 14.7. The molecule has 1 aliphatic heterocycles. The van der Waals surface area contributed by atoms with Crippen molar-refractivity contribution in [2.24, 2.45) is 0 Å². The molecule has 2 N–H and O–H groups in total. The van der Waals surface area contributed by atoms with Gasteiger partial charge >= 0.3 is 0 Å². The highest BCUT2D eigenvalue weighted by Crippen LogP contribution is 2.27. The third kappa shape index (κ3) is 4.33. The van der Waals surface area contributed by atoms with Gasteiger partial charge in [-0.3, -0.25) is 0 Å². The van der Waals surface area contributed by atoms with Gasteiger partial charge in [0.25, 0.3) is 0 Å². The number of nitrogens with zero attached hydrogens (tertiary/aromatic N) is 5. The van der Waals surface area contributed by atoms with Gasteiger partial charge in [0.1, 0.15) is 0 Å². The zero-order chi connectivity index (χ0) is 20.4. The van der Waals surface area contributed by atoms with E-state index in [-0.39, 0.29) is 10.8 Å². The molecule has 0 spiro atoms. The Morgan fingerprint density at radius 3 is 2.31 bits per heavy atom. The van der Waals surface area contributed by atoms with Gasteiger partial charge in [-0.15, -0.1) is 0 Å². The van der Waals surface area contributed by atoms with Gasteiger partial charge in [0.2, 0.25) is 11.9 Å². The van der Waals surface area contributed by atoms with E-state index in [9.17, 15) is 8.42 Å². The van der Waals surface area contributed by atoms with Crippen LogP contribution in [0.2, 0.25) is 0 Å². The van der Waals surface area contributed by atoms with Gasteiger partial charge < -0.3 is 15.4 Å². The maximum Gasteiger partial charge on any atom is 0.226 e. The summed E-state index contributed by atoms with van der Waals surface area (Å²) < 4.78 is 29.4. The largest absolute Gasteiger partial charge is 0.378 e. The zero-order valence-electron chi connectivity index (χ0n) is 15.8. The summed E-state index contributed by atoms with van der Waals surface area (Å²) >= 11 is 0. The van der Waals surface area contributed by atoms with Crippen molar-refractivity contribution < 1.29 is 13.2 Å². The predicted molar refractivity (Wildman–Crippen MR) is 109 cm³/mol. The smallest absolute Gasteiger partial charge is 0.226 e. The summed E-state index contributed by atoms with van der Waals surface area (Å²) in [6, 6.07) is 8.50. The minimum absolute atomic E-state index is 0.178. The molecule has 0 atom stereocenters. The Morgan fingerprint density at radius 2 is 1.66 bits per heavy atom. The van der Waals surface area contributed by atoms with Gasteiger partial charge in [-0.2, -0.15) is 0 Å². The maximum atomic E-state index is 12.0. The van der Waals surface area contributed by atoms with E-state index in [1.54, 1.807) is 36.7 Å². The Labute approximate surface area is 168 Å². The van der Waals surface area contributed by atoms with Crippen molar-refractivity contribution in [3.8, 4) is 22.5 Å². The standard InChI is InChI=1S/C19H20N6O3S/c1-29(26,27)15-4-2-3-13(9-15)16-10-17(14-11-21-18(20)22-12-14)24-19(23-16)25-5-7-28-8-6-25/h2-4,9-12H,5-8H2,1H3,(H2,20,21,22). The summed E-state index contributed by atoms with van der Waals surface area (Å²) in [5.74, 6) is 0.722. The van der Waals surface area contributed by atoms with E-state index in [4.69, 9.17) is 15.5 Å². The van der Waals surface area contributed by atoms with Gasteiger partial charge in [-0.25, -0.2) is 28.4 Å². The second kappa shape index (κ2) is 7.72. The SMILES string of the molecule is CS(=O)(=O)c1cccc(-c2cc(-c3cnc(N)nc3)nc(N3CCOCC3)n2)c1. The van der Waals surface area contributed by atoms with E-state index < -0.39 is 9.84 Å². The van der Waals surface area contributed by atoms with Crippen LogP contribution in [0.4, 0.5) is 11.9 Å². The Morgan fingerprint density at radius 1 is 1.00 bits per heavy atom. The first-order valence-corrected chi connectivity index (χ1v) is 10.9. The number of nitrogens with two attached hydrogens (primary N) is 1. The first-order chi connectivity index (χ1) is 13.9. The highest BCUT2D eigenvalue weighted by Gasteiger charge is 2.18. The molecule has 0 amide bonds. The highest BCUT2D eigenvalue weighted by molar-refractivity contribution is 7.90. The summed E-state index contributed by atoms with van der Waals surface area (Å²) in [7, 11) is -3.34. The molecule has 0 unspecified atom stereocenters. The fraction of sp³-hybridized carbons (Fsp3) is 0.263. The van der Waals surface area contributed by atoms with Crippen molar-refractivity contribution in [3.63, 3.8) is 0 Å². The van der Waals surface area contributed by atoms with Gasteiger partial charge in [0.15, 0.2) is 9.84 Å². The number of nitrogen functional groups attached to an aromatic ring is 1. The van der Waals surface area contributed by atoms with Crippen LogP contribution in [-0.4, -0.2) is 60.9 Å². The number of benzene rings is 1. The lowest BCUT2D eigenvalue weighted by atomic mass is 10.1. The Hall–Kier alpha value is -3.11. The molecule has 4 rings (SSSR count). The number of ether oxygens (including phenoxy) is 1. The van der Waals surface area contributed by atoms with Crippen LogP contribution in [0.1, 0.15) is 0 Å². The van der Waals surface area contributed by atoms with Crippen molar-refractivity contribution in [2.75, 3.05) is 43.2 Å². The van der Waals surface area contributed by atoms with E-state index in [0.29, 0.717) is 54.8 Å². The topological polar surface area (TPSA) is 124 Å². The van der Waals surface area contributed by atoms with Gasteiger partial charge in [-0.1, -0.05) is 12.1 Å². The highest BCUT2D eigenvalue weighted by atomic mass is 32.2. The molecule has 1 aromatic carbocycles. The molecule has 0 radical (unpaired) electrons. The summed E-state index contributed by atoms with van der Waals surface area (Å²) in [5.41, 5.74) is 8.21. The van der Waals surface area contributed by atoms with Crippen LogP contribution in [0.3, 0.4) is 0 Å². The molecule has 150 valence electrons. The van der Waals surface area contributed by atoms with E-state index in [2.05, 4.69) is 15.0 Å². The average Bonchev–Trinajstić information content (AvgIpc) is 2.74. The van der Waals surface area contributed by atoms with Crippen LogP contribution in [0, 0.1) is 0 Å². The van der Waals surface area contributed by atoms with Crippen LogP contribution in [0.25, 0.3) is 22.5 Å². The lowest BCUT2D eigenvalue weighted by Crippen LogP contribution is -2.37. The fourth-order valence-electron chi connectivity index (χ4n) is 2.99. The molecule has 9 nitrogen and oxygen atoms in total. The quantitative estimate of drug-likeness (QED) is 0.677. The van der Waals surface area contributed by atoms with E-state index in [0.717, 1.165) is 0 Å². The molecule has 1 aliphatic rings. The Balaban J connectivity index is 1.84. The predicted octanol–water partition coefficient (Wildman–Crippen LogP) is 1.42. The van der Waals surface area contributed by atoms with Crippen LogP contribution in [0.5, 0.6) is 0 Å². The lowest BCUT2D eigenvalue weighted by Gasteiger charge is -2.27. The molecular formula is C19H20N6O3S. The molecule has 29 heavy (non-hydrogen) atoms. The van der Waals surface area contributed by atoms with Crippen LogP contribution in [0.15, 0.2) is 47.6 Å². The average molecular weight is 412 g/mol. The second-order valence-corrected chi connectivity index (χ2v) is 8.68. The summed E-state index contributed by atoms with van der Waals surface area (Å²) in [5, 5.41) is 0. The number of morpholine rings is 1. The van der Waals surface area contributed by atoms with Crippen molar-refractivity contribution in [1.29, 1.82) is 0 Å². The molecular weight excluding hydrogens is 392 g/mol. The molecule has 1 saturated heterocycles. The Kier molecular flexibility index (Phi) is 5.12. The second-order valence-electron chi connectivity index (χ2n) is 6.67. The molecule has 3 aromatic rings. The summed E-state index contributed by atoms with van der Waals surface area (Å²) in [4.78, 5) is 19.7. The number of rotatable bonds is 4. The van der Waals surface area contributed by atoms with E-state index in [1.807, 2.05) is 11.0 Å². The number of aromatic nitrogens is 4. The first-order valence-electron chi connectivity index (χ1n) is 9.00. The van der Waals surface area contributed by atoms with Crippen molar-refractivity contribution in [3.05, 3.63) is 42.7 Å². The molecule has 1 fully saturated rings. The molecule has 0 aliphatic carbocycles. The minimum Gasteiger partial charge on any atom is -0.378 e. The first kappa shape index (κ1) is 19.2. The van der Waals surface area contributed by atoms with Crippen LogP contribution >= 0.6 is 0 Å². The molecule has 10 heteroatoms. The molecule has 2 aromatic heterocycles. The lowest BCUT2D eigenvalue weighted by molar-refractivity contribution is 0.122. The van der Waals surface area contributed by atoms with Gasteiger partial charge in [-0.05, 0) is 18.2 Å². The van der Waals surface area contributed by atoms with E-state index in [1.165, 1.54) is 6.26 Å². The van der Waals surface area contributed by atoms with Gasteiger partial charge in [0, 0.05) is 42.9 Å². The number of sulfone groups is 1. The minimum atomic E-state index is -3.34. The summed E-state index contributed by atoms with van der Waals surface area (Å²) in [6.45, 7) is 2.53. The molecule has 3 heterocycles. The zero-order valence-corrected chi connectivity index (χ0v) is 16.6. The van der Waals surface area contributed by atoms with Gasteiger partial charge in [0.05, 0.1) is 29.5 Å². The van der Waals surface area contributed by atoms with Crippen molar-refractivity contribution in [2.45, 2.75) is 4.90 Å². The van der Waals surface area contributed by atoms with Crippen LogP contribution in [-0.2, 0) is 14.6 Å². The monoisotopic (exact) mass is 412 g/mol. The van der Waals surface area contributed by atoms with Crippen molar-refractivity contribution >= 4 is 21.7 Å². The number of hydrogen-bond acceptors (Lipinski definition) is 9. The fourth-order valence-corrected chi connectivity index (χ4v) is 3.66. The third-order valence-corrected chi connectivity index (χ3v) is 5.64. The number of hydrogen-bond donors (Lipinski definition) is 1.